The molecular formula is C13H12N2O2. The number of benzene rings is 1. The van der Waals surface area contributed by atoms with Gasteiger partial charge in [0.1, 0.15) is 6.61 Å². The predicted molar refractivity (Wildman–Crippen MR) is 60.3 cm³/mol. The summed E-state index contributed by atoms with van der Waals surface area (Å²) >= 11 is 0. The van der Waals surface area contributed by atoms with Crippen LogP contribution in [0.15, 0.2) is 18.2 Å². The average Bonchev–Trinajstić information content (AvgIpc) is 2.94. The molecule has 1 heterocycles. The van der Waals surface area contributed by atoms with E-state index in [1.807, 2.05) is 18.2 Å². The topological polar surface area (TPSA) is 53.3 Å². The van der Waals surface area contributed by atoms with E-state index in [4.69, 9.17) is 10.00 Å². The molecule has 17 heavy (non-hydrogen) atoms. The Morgan fingerprint density at radius 3 is 3.06 bits per heavy atom. The lowest BCUT2D eigenvalue weighted by Crippen LogP contribution is -2.28. The van der Waals surface area contributed by atoms with Gasteiger partial charge in [0.15, 0.2) is 0 Å². The van der Waals surface area contributed by atoms with Crippen molar-refractivity contribution < 1.29 is 9.53 Å². The molecule has 0 spiro atoms. The number of nitriles is 1. The number of hydrogen-bond acceptors (Lipinski definition) is 3. The second-order valence-electron chi connectivity index (χ2n) is 4.35. The van der Waals surface area contributed by atoms with Crippen LogP contribution in [0.5, 0.6) is 0 Å². The number of carbonyl (C=O) groups is 1. The standard InChI is InChI=1S/C13H12N2O2/c14-8-9-2-1-3-11-10(9)4-5-12(11)15-6-7-17-13(15)16/h1-3,12H,4-7H2/t12-/m0/s1. The van der Waals surface area contributed by atoms with E-state index >= 15 is 0 Å². The number of amides is 1. The van der Waals surface area contributed by atoms with E-state index in [0.717, 1.165) is 29.5 Å². The van der Waals surface area contributed by atoms with Crippen molar-refractivity contribution >= 4 is 6.09 Å². The van der Waals surface area contributed by atoms with Crippen LogP contribution in [0.1, 0.15) is 29.2 Å². The Hall–Kier alpha value is -2.02. The van der Waals surface area contributed by atoms with Crippen molar-refractivity contribution in [2.75, 3.05) is 13.2 Å². The second kappa shape index (κ2) is 3.77. The van der Waals surface area contributed by atoms with Crippen LogP contribution in [0.2, 0.25) is 0 Å². The van der Waals surface area contributed by atoms with Crippen LogP contribution in [0.4, 0.5) is 4.79 Å². The lowest BCUT2D eigenvalue weighted by Gasteiger charge is -2.21. The molecular weight excluding hydrogens is 216 g/mol. The largest absolute Gasteiger partial charge is 0.448 e. The minimum atomic E-state index is -0.231. The first-order valence-electron chi connectivity index (χ1n) is 5.76. The van der Waals surface area contributed by atoms with Crippen LogP contribution >= 0.6 is 0 Å². The highest BCUT2D eigenvalue weighted by Crippen LogP contribution is 2.38. The Morgan fingerprint density at radius 2 is 2.35 bits per heavy atom. The van der Waals surface area contributed by atoms with Gasteiger partial charge in [0.25, 0.3) is 0 Å². The first-order chi connectivity index (χ1) is 8.31. The minimum absolute atomic E-state index is 0.0910. The summed E-state index contributed by atoms with van der Waals surface area (Å²) in [4.78, 5) is 13.3. The molecule has 4 nitrogen and oxygen atoms in total. The van der Waals surface area contributed by atoms with Crippen molar-refractivity contribution in [3.8, 4) is 6.07 Å². The summed E-state index contributed by atoms with van der Waals surface area (Å²) in [5.41, 5.74) is 2.94. The van der Waals surface area contributed by atoms with Gasteiger partial charge in [-0.1, -0.05) is 12.1 Å². The summed E-state index contributed by atoms with van der Waals surface area (Å²) in [6.45, 7) is 1.13. The molecule has 0 N–H and O–H groups in total. The van der Waals surface area contributed by atoms with Crippen molar-refractivity contribution in [2.24, 2.45) is 0 Å². The highest BCUT2D eigenvalue weighted by Gasteiger charge is 2.35. The van der Waals surface area contributed by atoms with Crippen molar-refractivity contribution in [2.45, 2.75) is 18.9 Å². The van der Waals surface area contributed by atoms with E-state index in [9.17, 15) is 4.79 Å². The fourth-order valence-electron chi connectivity index (χ4n) is 2.75. The van der Waals surface area contributed by atoms with Gasteiger partial charge >= 0.3 is 6.09 Å². The van der Waals surface area contributed by atoms with Crippen molar-refractivity contribution in [3.63, 3.8) is 0 Å². The van der Waals surface area contributed by atoms with E-state index < -0.39 is 0 Å². The van der Waals surface area contributed by atoms with Gasteiger partial charge in [-0.05, 0) is 30.0 Å². The van der Waals surface area contributed by atoms with Crippen LogP contribution in [-0.2, 0) is 11.2 Å². The monoisotopic (exact) mass is 228 g/mol. The first-order valence-corrected chi connectivity index (χ1v) is 5.76. The fraction of sp³-hybridized carbons (Fsp3) is 0.385. The number of fused-ring (bicyclic) bond motifs is 1. The molecule has 0 bridgehead atoms. The molecule has 4 heteroatoms. The van der Waals surface area contributed by atoms with Crippen LogP contribution in [0.3, 0.4) is 0 Å². The van der Waals surface area contributed by atoms with Gasteiger partial charge in [-0.15, -0.1) is 0 Å². The molecule has 0 aromatic heterocycles. The molecule has 2 aliphatic rings. The van der Waals surface area contributed by atoms with Gasteiger partial charge in [-0.2, -0.15) is 5.26 Å². The highest BCUT2D eigenvalue weighted by atomic mass is 16.6. The number of ether oxygens (including phenoxy) is 1. The molecule has 1 aromatic rings. The number of rotatable bonds is 1. The molecule has 1 aliphatic carbocycles. The first kappa shape index (κ1) is 10.2. The number of nitrogens with zero attached hydrogens (tertiary/aromatic N) is 2. The molecule has 1 atom stereocenters. The third kappa shape index (κ3) is 1.47. The fourth-order valence-corrected chi connectivity index (χ4v) is 2.75. The predicted octanol–water partition coefficient (Wildman–Crippen LogP) is 2.00. The lowest BCUT2D eigenvalue weighted by molar-refractivity contribution is 0.147. The van der Waals surface area contributed by atoms with Crippen LogP contribution in [0, 0.1) is 11.3 Å². The van der Waals surface area contributed by atoms with Gasteiger partial charge < -0.3 is 4.74 Å². The summed E-state index contributed by atoms with van der Waals surface area (Å²) in [5, 5.41) is 9.05. The Bertz CT molecular complexity index is 519. The summed E-state index contributed by atoms with van der Waals surface area (Å²) in [6, 6.07) is 8.04. The summed E-state index contributed by atoms with van der Waals surface area (Å²) < 4.78 is 4.97. The Balaban J connectivity index is 1.99. The SMILES string of the molecule is N#Cc1cccc2c1CC[C@@H]2N1CCOC1=O. The molecule has 0 saturated carbocycles. The molecule has 1 amide bonds. The van der Waals surface area contributed by atoms with Gasteiger partial charge in [-0.25, -0.2) is 4.79 Å². The zero-order valence-corrected chi connectivity index (χ0v) is 9.35. The average molecular weight is 228 g/mol. The summed E-state index contributed by atoms with van der Waals surface area (Å²) in [7, 11) is 0. The van der Waals surface area contributed by atoms with Crippen molar-refractivity contribution in [1.82, 2.24) is 4.90 Å². The van der Waals surface area contributed by atoms with Gasteiger partial charge in [0.05, 0.1) is 24.2 Å². The van der Waals surface area contributed by atoms with Crippen LogP contribution < -0.4 is 0 Å². The quantitative estimate of drug-likeness (QED) is 0.738. The zero-order valence-electron chi connectivity index (χ0n) is 9.35. The van der Waals surface area contributed by atoms with Gasteiger partial charge in [-0.3, -0.25) is 4.90 Å². The van der Waals surface area contributed by atoms with Crippen molar-refractivity contribution in [1.29, 1.82) is 5.26 Å². The maximum Gasteiger partial charge on any atom is 0.410 e. The van der Waals surface area contributed by atoms with Crippen molar-refractivity contribution in [3.05, 3.63) is 34.9 Å². The van der Waals surface area contributed by atoms with Crippen LogP contribution in [-0.4, -0.2) is 24.1 Å². The summed E-state index contributed by atoms with van der Waals surface area (Å²) in [5.74, 6) is 0. The molecule has 1 fully saturated rings. The minimum Gasteiger partial charge on any atom is -0.448 e. The third-order valence-corrected chi connectivity index (χ3v) is 3.53. The van der Waals surface area contributed by atoms with Gasteiger partial charge in [0, 0.05) is 0 Å². The number of cyclic esters (lactones) is 1. The van der Waals surface area contributed by atoms with E-state index in [0.29, 0.717) is 13.2 Å². The lowest BCUT2D eigenvalue weighted by atomic mass is 10.0. The maximum absolute atomic E-state index is 11.6. The zero-order chi connectivity index (χ0) is 11.8. The molecule has 1 aliphatic heterocycles. The van der Waals surface area contributed by atoms with E-state index in [1.165, 1.54) is 0 Å². The highest BCUT2D eigenvalue weighted by molar-refractivity contribution is 5.70. The Kier molecular flexibility index (Phi) is 2.25. The third-order valence-electron chi connectivity index (χ3n) is 3.53. The Labute approximate surface area is 99.4 Å². The summed E-state index contributed by atoms with van der Waals surface area (Å²) in [6.07, 6.45) is 1.53. The molecule has 3 rings (SSSR count). The molecule has 1 aromatic carbocycles. The molecule has 0 unspecified atom stereocenters. The smallest absolute Gasteiger partial charge is 0.410 e. The van der Waals surface area contributed by atoms with Crippen LogP contribution in [0.25, 0.3) is 0 Å². The van der Waals surface area contributed by atoms with Gasteiger partial charge in [0.2, 0.25) is 0 Å². The molecule has 86 valence electrons. The number of carbonyl (C=O) groups excluding carboxylic acids is 1. The van der Waals surface area contributed by atoms with E-state index in [-0.39, 0.29) is 12.1 Å². The second-order valence-corrected chi connectivity index (χ2v) is 4.35. The van der Waals surface area contributed by atoms with E-state index in [2.05, 4.69) is 6.07 Å². The Morgan fingerprint density at radius 1 is 1.47 bits per heavy atom. The number of hydrogen-bond donors (Lipinski definition) is 0. The molecule has 1 saturated heterocycles. The normalized spacial score (nSPS) is 22.2. The van der Waals surface area contributed by atoms with E-state index in [1.54, 1.807) is 4.90 Å². The maximum atomic E-state index is 11.6. The molecule has 0 radical (unpaired) electrons.